The third-order valence-corrected chi connectivity index (χ3v) is 4.56. The quantitative estimate of drug-likeness (QED) is 0.722. The van der Waals surface area contributed by atoms with Crippen molar-refractivity contribution in [3.05, 3.63) is 41.0 Å². The highest BCUT2D eigenvalue weighted by molar-refractivity contribution is 7.18. The number of thiazole rings is 1. The van der Waals surface area contributed by atoms with Crippen LogP contribution in [0.1, 0.15) is 36.6 Å². The first kappa shape index (κ1) is 14.2. The van der Waals surface area contributed by atoms with Gasteiger partial charge in [0, 0.05) is 6.42 Å². The Morgan fingerprint density at radius 3 is 2.81 bits per heavy atom. The Hall–Kier alpha value is -1.79. The van der Waals surface area contributed by atoms with Crippen LogP contribution in [-0.2, 0) is 13.0 Å². The number of para-hydroxylation sites is 1. The van der Waals surface area contributed by atoms with E-state index in [9.17, 15) is 0 Å². The maximum atomic E-state index is 5.32. The largest absolute Gasteiger partial charge is 0.338 e. The molecule has 0 aliphatic carbocycles. The highest BCUT2D eigenvalue weighted by Crippen LogP contribution is 2.25. The first-order valence-electron chi connectivity index (χ1n) is 7.04. The minimum Gasteiger partial charge on any atom is -0.338 e. The van der Waals surface area contributed by atoms with Crippen molar-refractivity contribution in [3.8, 4) is 0 Å². The Labute approximate surface area is 127 Å². The van der Waals surface area contributed by atoms with E-state index >= 15 is 0 Å². The highest BCUT2D eigenvalue weighted by Gasteiger charge is 2.19. The third-order valence-electron chi connectivity index (χ3n) is 3.54. The molecular formula is C15H18N4OS. The maximum absolute atomic E-state index is 5.32. The smallest absolute Gasteiger partial charge is 0.243 e. The number of hydrogen-bond acceptors (Lipinski definition) is 6. The van der Waals surface area contributed by atoms with Gasteiger partial charge in [-0.25, -0.2) is 4.98 Å². The minimum absolute atomic E-state index is 0.0739. The van der Waals surface area contributed by atoms with Crippen LogP contribution in [0.5, 0.6) is 0 Å². The topological polar surface area (TPSA) is 55.1 Å². The lowest BCUT2D eigenvalue weighted by atomic mass is 10.3. The van der Waals surface area contributed by atoms with Gasteiger partial charge in [0.1, 0.15) is 5.01 Å². The Bertz CT molecular complexity index is 703. The van der Waals surface area contributed by atoms with Gasteiger partial charge in [0.15, 0.2) is 5.82 Å². The van der Waals surface area contributed by atoms with Crippen molar-refractivity contribution in [1.82, 2.24) is 20.0 Å². The summed E-state index contributed by atoms with van der Waals surface area (Å²) < 4.78 is 6.54. The van der Waals surface area contributed by atoms with E-state index in [0.29, 0.717) is 5.89 Å². The summed E-state index contributed by atoms with van der Waals surface area (Å²) in [7, 11) is 2.05. The van der Waals surface area contributed by atoms with Gasteiger partial charge < -0.3 is 4.52 Å². The highest BCUT2D eigenvalue weighted by atomic mass is 32.1. The average Bonchev–Trinajstić information content (AvgIpc) is 3.12. The number of aromatic nitrogens is 3. The van der Waals surface area contributed by atoms with E-state index in [1.54, 1.807) is 11.3 Å². The van der Waals surface area contributed by atoms with Gasteiger partial charge in [0.05, 0.1) is 22.8 Å². The first-order chi connectivity index (χ1) is 10.2. The Morgan fingerprint density at radius 2 is 2.10 bits per heavy atom. The first-order valence-corrected chi connectivity index (χ1v) is 7.86. The van der Waals surface area contributed by atoms with Crippen LogP contribution >= 0.6 is 11.3 Å². The average molecular weight is 302 g/mol. The second-order valence-corrected chi connectivity index (χ2v) is 6.18. The summed E-state index contributed by atoms with van der Waals surface area (Å²) >= 11 is 1.73. The summed E-state index contributed by atoms with van der Waals surface area (Å²) in [5.74, 6) is 1.42. The Kier molecular flexibility index (Phi) is 3.98. The van der Waals surface area contributed by atoms with Crippen LogP contribution in [0.25, 0.3) is 10.2 Å². The molecule has 0 fully saturated rings. The molecule has 6 heteroatoms. The number of fused-ring (bicyclic) bond motifs is 1. The predicted octanol–water partition coefficient (Wildman–Crippen LogP) is 3.43. The summed E-state index contributed by atoms with van der Waals surface area (Å²) in [6.45, 7) is 4.86. The molecule has 1 aromatic carbocycles. The van der Waals surface area contributed by atoms with Gasteiger partial charge >= 0.3 is 0 Å². The molecule has 2 aromatic heterocycles. The number of aryl methyl sites for hydroxylation is 1. The van der Waals surface area contributed by atoms with Gasteiger partial charge in [-0.2, -0.15) is 4.98 Å². The zero-order valence-electron chi connectivity index (χ0n) is 12.4. The van der Waals surface area contributed by atoms with Gasteiger partial charge in [0.25, 0.3) is 0 Å². The minimum atomic E-state index is 0.0739. The fourth-order valence-electron chi connectivity index (χ4n) is 2.11. The lowest BCUT2D eigenvalue weighted by molar-refractivity contribution is 0.202. The Morgan fingerprint density at radius 1 is 1.29 bits per heavy atom. The Balaban J connectivity index is 1.74. The van der Waals surface area contributed by atoms with Gasteiger partial charge in [-0.15, -0.1) is 11.3 Å². The van der Waals surface area contributed by atoms with Crippen molar-refractivity contribution < 1.29 is 4.52 Å². The van der Waals surface area contributed by atoms with Crippen molar-refractivity contribution in [2.24, 2.45) is 0 Å². The molecule has 0 radical (unpaired) electrons. The van der Waals surface area contributed by atoms with Crippen LogP contribution in [0.2, 0.25) is 0 Å². The van der Waals surface area contributed by atoms with Gasteiger partial charge in [-0.3, -0.25) is 4.90 Å². The second-order valence-electron chi connectivity index (χ2n) is 5.07. The lowest BCUT2D eigenvalue weighted by Gasteiger charge is -2.19. The number of rotatable bonds is 5. The molecule has 0 aliphatic heterocycles. The van der Waals surface area contributed by atoms with Crippen LogP contribution in [-0.4, -0.2) is 27.1 Å². The monoisotopic (exact) mass is 302 g/mol. The fraction of sp³-hybridized carbons (Fsp3) is 0.400. The van der Waals surface area contributed by atoms with Gasteiger partial charge in [0.2, 0.25) is 5.89 Å². The molecule has 1 atom stereocenters. The summed E-state index contributed by atoms with van der Waals surface area (Å²) in [6.07, 6.45) is 0.789. The zero-order valence-corrected chi connectivity index (χ0v) is 13.2. The molecular weight excluding hydrogens is 284 g/mol. The molecule has 0 unspecified atom stereocenters. The van der Waals surface area contributed by atoms with Gasteiger partial charge in [-0.1, -0.05) is 24.2 Å². The van der Waals surface area contributed by atoms with Crippen molar-refractivity contribution in [2.75, 3.05) is 7.05 Å². The summed E-state index contributed by atoms with van der Waals surface area (Å²) in [6, 6.07) is 8.28. The fourth-order valence-corrected chi connectivity index (χ4v) is 3.14. The molecule has 0 amide bonds. The lowest BCUT2D eigenvalue weighted by Crippen LogP contribution is -2.22. The van der Waals surface area contributed by atoms with E-state index in [4.69, 9.17) is 4.52 Å². The van der Waals surface area contributed by atoms with Crippen molar-refractivity contribution in [2.45, 2.75) is 32.9 Å². The molecule has 0 saturated carbocycles. The van der Waals surface area contributed by atoms with Gasteiger partial charge in [-0.05, 0) is 26.1 Å². The summed E-state index contributed by atoms with van der Waals surface area (Å²) in [5.41, 5.74) is 1.06. The van der Waals surface area contributed by atoms with E-state index < -0.39 is 0 Å². The van der Waals surface area contributed by atoms with Crippen molar-refractivity contribution in [3.63, 3.8) is 0 Å². The van der Waals surface area contributed by atoms with Crippen LogP contribution in [0, 0.1) is 0 Å². The second kappa shape index (κ2) is 5.91. The molecule has 2 heterocycles. The molecule has 3 rings (SSSR count). The van der Waals surface area contributed by atoms with Crippen LogP contribution in [0.15, 0.2) is 28.8 Å². The predicted molar refractivity (Wildman–Crippen MR) is 83.2 cm³/mol. The summed E-state index contributed by atoms with van der Waals surface area (Å²) in [5, 5.41) is 5.05. The van der Waals surface area contributed by atoms with E-state index in [0.717, 1.165) is 29.3 Å². The molecule has 5 nitrogen and oxygen atoms in total. The third kappa shape index (κ3) is 2.96. The van der Waals surface area contributed by atoms with E-state index in [1.807, 2.05) is 32.2 Å². The zero-order chi connectivity index (χ0) is 14.8. The van der Waals surface area contributed by atoms with Crippen molar-refractivity contribution in [1.29, 1.82) is 0 Å². The normalized spacial score (nSPS) is 13.1. The van der Waals surface area contributed by atoms with Crippen LogP contribution in [0.3, 0.4) is 0 Å². The molecule has 0 aliphatic rings. The molecule has 21 heavy (non-hydrogen) atoms. The molecule has 3 aromatic rings. The van der Waals surface area contributed by atoms with E-state index in [-0.39, 0.29) is 6.04 Å². The molecule has 0 N–H and O–H groups in total. The van der Waals surface area contributed by atoms with E-state index in [1.165, 1.54) is 4.70 Å². The SMILES string of the molecule is CCc1noc([C@H](C)N(C)Cc2nc3ccccc3s2)n1. The molecule has 110 valence electrons. The molecule has 0 spiro atoms. The number of nitrogens with zero attached hydrogens (tertiary/aromatic N) is 4. The van der Waals surface area contributed by atoms with Crippen LogP contribution < -0.4 is 0 Å². The number of hydrogen-bond donors (Lipinski definition) is 0. The molecule has 0 bridgehead atoms. The van der Waals surface area contributed by atoms with Crippen LogP contribution in [0.4, 0.5) is 0 Å². The standard InChI is InChI=1S/C15H18N4OS/c1-4-13-17-15(20-18-13)10(2)19(3)9-14-16-11-7-5-6-8-12(11)21-14/h5-8,10H,4,9H2,1-3H3/t10-/m0/s1. The molecule has 0 saturated heterocycles. The summed E-state index contributed by atoms with van der Waals surface area (Å²) in [4.78, 5) is 11.2. The van der Waals surface area contributed by atoms with E-state index in [2.05, 4.69) is 33.0 Å². The number of benzene rings is 1. The van der Waals surface area contributed by atoms with Crippen molar-refractivity contribution >= 4 is 21.6 Å². The maximum Gasteiger partial charge on any atom is 0.243 e.